The van der Waals surface area contributed by atoms with Crippen LogP contribution in [0.25, 0.3) is 0 Å². The van der Waals surface area contributed by atoms with Gasteiger partial charge >= 0.3 is 0 Å². The van der Waals surface area contributed by atoms with Gasteiger partial charge in [0, 0.05) is 12.6 Å². The number of hydrogen-bond donors (Lipinski definition) is 2. The van der Waals surface area contributed by atoms with E-state index in [0.717, 1.165) is 38.4 Å². The first-order chi connectivity index (χ1) is 10.1. The molecule has 0 saturated carbocycles. The molecule has 0 aliphatic carbocycles. The summed E-state index contributed by atoms with van der Waals surface area (Å²) in [4.78, 5) is 2.11. The highest BCUT2D eigenvalue weighted by Gasteiger charge is 2.25. The van der Waals surface area contributed by atoms with Crippen molar-refractivity contribution in [2.75, 3.05) is 26.3 Å². The monoisotopic (exact) mass is 299 g/mol. The number of benzene rings is 1. The van der Waals surface area contributed by atoms with Gasteiger partial charge in [0.1, 0.15) is 11.6 Å². The van der Waals surface area contributed by atoms with Crippen LogP contribution in [0.4, 0.5) is 8.78 Å². The minimum absolute atomic E-state index is 0.0458. The number of aryl methyl sites for hydroxylation is 1. The highest BCUT2D eigenvalue weighted by Crippen LogP contribution is 2.23. The molecule has 0 aromatic heterocycles. The van der Waals surface area contributed by atoms with Gasteiger partial charge in [-0.3, -0.25) is 4.90 Å². The van der Waals surface area contributed by atoms with Crippen LogP contribution in [-0.4, -0.2) is 47.5 Å². The van der Waals surface area contributed by atoms with Crippen LogP contribution < -0.4 is 0 Å². The van der Waals surface area contributed by atoms with E-state index in [2.05, 4.69) is 4.90 Å². The maximum absolute atomic E-state index is 13.6. The molecule has 1 aromatic carbocycles. The minimum atomic E-state index is -0.547. The molecule has 2 N–H and O–H groups in total. The van der Waals surface area contributed by atoms with Crippen molar-refractivity contribution in [3.8, 4) is 0 Å². The first-order valence-corrected chi connectivity index (χ1v) is 7.53. The molecule has 1 aliphatic rings. The molecule has 21 heavy (non-hydrogen) atoms. The average molecular weight is 299 g/mol. The zero-order valence-corrected chi connectivity index (χ0v) is 12.1. The van der Waals surface area contributed by atoms with Crippen LogP contribution in [0.1, 0.15) is 24.8 Å². The Balaban J connectivity index is 1.88. The fourth-order valence-electron chi connectivity index (χ4n) is 3.04. The van der Waals surface area contributed by atoms with Gasteiger partial charge < -0.3 is 10.2 Å². The quantitative estimate of drug-likeness (QED) is 0.844. The summed E-state index contributed by atoms with van der Waals surface area (Å²) in [7, 11) is 0. The van der Waals surface area contributed by atoms with Crippen LogP contribution in [0.15, 0.2) is 18.2 Å². The molecule has 1 aliphatic heterocycles. The van der Waals surface area contributed by atoms with E-state index in [9.17, 15) is 19.0 Å². The first-order valence-electron chi connectivity index (χ1n) is 7.53. The normalized spacial score (nSPS) is 20.1. The summed E-state index contributed by atoms with van der Waals surface area (Å²) in [6.07, 6.45) is 3.52. The average Bonchev–Trinajstić information content (AvgIpc) is 2.48. The summed E-state index contributed by atoms with van der Waals surface area (Å²) in [6, 6.07) is 3.53. The summed E-state index contributed by atoms with van der Waals surface area (Å²) in [5, 5.41) is 18.5. The number of hydrogen-bond acceptors (Lipinski definition) is 3. The Hall–Kier alpha value is -1.04. The predicted octanol–water partition coefficient (Wildman–Crippen LogP) is 1.96. The van der Waals surface area contributed by atoms with Crippen LogP contribution in [0, 0.1) is 17.6 Å². The molecule has 3 nitrogen and oxygen atoms in total. The Morgan fingerprint density at radius 2 is 2.00 bits per heavy atom. The molecule has 0 spiro atoms. The molecule has 1 heterocycles. The minimum Gasteiger partial charge on any atom is -0.395 e. The van der Waals surface area contributed by atoms with E-state index < -0.39 is 11.6 Å². The first kappa shape index (κ1) is 16.3. The van der Waals surface area contributed by atoms with Gasteiger partial charge in [-0.25, -0.2) is 8.78 Å². The van der Waals surface area contributed by atoms with Gasteiger partial charge in [-0.1, -0.05) is 6.07 Å². The summed E-state index contributed by atoms with van der Waals surface area (Å²) in [6.45, 7) is 1.60. The Morgan fingerprint density at radius 3 is 2.67 bits per heavy atom. The topological polar surface area (TPSA) is 43.7 Å². The van der Waals surface area contributed by atoms with Crippen molar-refractivity contribution in [1.82, 2.24) is 4.90 Å². The summed E-state index contributed by atoms with van der Waals surface area (Å²) in [5.74, 6) is -0.608. The Bertz CT molecular complexity index is 452. The molecule has 0 bridgehead atoms. The molecule has 5 heteroatoms. The van der Waals surface area contributed by atoms with Gasteiger partial charge in [-0.05, 0) is 49.8 Å². The van der Waals surface area contributed by atoms with Gasteiger partial charge in [-0.2, -0.15) is 0 Å². The van der Waals surface area contributed by atoms with Gasteiger partial charge in [0.2, 0.25) is 0 Å². The Morgan fingerprint density at radius 1 is 1.24 bits per heavy atom. The Kier molecular flexibility index (Phi) is 6.08. The van der Waals surface area contributed by atoms with Gasteiger partial charge in [-0.15, -0.1) is 0 Å². The molecular weight excluding hydrogens is 276 g/mol. The van der Waals surface area contributed by atoms with Crippen LogP contribution >= 0.6 is 0 Å². The maximum Gasteiger partial charge on any atom is 0.129 e. The van der Waals surface area contributed by atoms with E-state index in [1.165, 1.54) is 12.1 Å². The number of halogens is 2. The van der Waals surface area contributed by atoms with Crippen molar-refractivity contribution < 1.29 is 19.0 Å². The smallest absolute Gasteiger partial charge is 0.129 e. The fourth-order valence-corrected chi connectivity index (χ4v) is 3.04. The van der Waals surface area contributed by atoms with Crippen LogP contribution in [-0.2, 0) is 6.42 Å². The number of likely N-dealkylation sites (tertiary alicyclic amines) is 1. The van der Waals surface area contributed by atoms with Gasteiger partial charge in [0.15, 0.2) is 0 Å². The van der Waals surface area contributed by atoms with Gasteiger partial charge in [0.05, 0.1) is 19.3 Å². The van der Waals surface area contributed by atoms with Crippen molar-refractivity contribution in [2.45, 2.75) is 31.7 Å². The molecule has 1 saturated heterocycles. The van der Waals surface area contributed by atoms with E-state index in [1.807, 2.05) is 0 Å². The number of piperidine rings is 1. The molecular formula is C16H23F2NO2. The van der Waals surface area contributed by atoms with Crippen molar-refractivity contribution in [2.24, 2.45) is 5.92 Å². The number of aliphatic hydroxyl groups is 2. The molecule has 2 rings (SSSR count). The predicted molar refractivity (Wildman–Crippen MR) is 76.9 cm³/mol. The van der Waals surface area contributed by atoms with E-state index in [-0.39, 0.29) is 19.3 Å². The summed E-state index contributed by atoms with van der Waals surface area (Å²) in [5.41, 5.74) is 0.550. The molecule has 0 unspecified atom stereocenters. The Labute approximate surface area is 124 Å². The van der Waals surface area contributed by atoms with E-state index >= 15 is 0 Å². The lowest BCUT2D eigenvalue weighted by atomic mass is 9.91. The highest BCUT2D eigenvalue weighted by molar-refractivity contribution is 5.18. The molecule has 0 radical (unpaired) electrons. The van der Waals surface area contributed by atoms with E-state index in [4.69, 9.17) is 0 Å². The van der Waals surface area contributed by atoms with Crippen molar-refractivity contribution >= 4 is 0 Å². The standard InChI is InChI=1S/C16H23F2NO2/c17-14-6-5-13(16(18)8-14)4-3-12-2-1-7-19(9-12)15(10-20)11-21/h5-6,8,12,15,20-21H,1-4,7,9-11H2/t12-/m1/s1. The summed E-state index contributed by atoms with van der Waals surface area (Å²) < 4.78 is 26.5. The van der Waals surface area contributed by atoms with Crippen molar-refractivity contribution in [1.29, 1.82) is 0 Å². The fraction of sp³-hybridized carbons (Fsp3) is 0.625. The summed E-state index contributed by atoms with van der Waals surface area (Å²) >= 11 is 0. The van der Waals surface area contributed by atoms with Gasteiger partial charge in [0.25, 0.3) is 0 Å². The molecule has 0 amide bonds. The SMILES string of the molecule is OCC(CO)N1CCC[C@H](CCc2ccc(F)cc2F)C1. The molecule has 1 aromatic rings. The third-order valence-electron chi connectivity index (χ3n) is 4.33. The zero-order valence-electron chi connectivity index (χ0n) is 12.1. The molecule has 1 atom stereocenters. The van der Waals surface area contributed by atoms with E-state index in [1.54, 1.807) is 0 Å². The number of aliphatic hydroxyl groups excluding tert-OH is 2. The second kappa shape index (κ2) is 7.82. The lowest BCUT2D eigenvalue weighted by Crippen LogP contribution is -2.46. The third kappa shape index (κ3) is 4.46. The lowest BCUT2D eigenvalue weighted by molar-refractivity contribution is 0.0427. The second-order valence-corrected chi connectivity index (χ2v) is 5.80. The molecule has 118 valence electrons. The van der Waals surface area contributed by atoms with E-state index in [0.29, 0.717) is 17.9 Å². The van der Waals surface area contributed by atoms with Crippen LogP contribution in [0.5, 0.6) is 0 Å². The maximum atomic E-state index is 13.6. The largest absolute Gasteiger partial charge is 0.395 e. The van der Waals surface area contributed by atoms with Crippen molar-refractivity contribution in [3.63, 3.8) is 0 Å². The second-order valence-electron chi connectivity index (χ2n) is 5.80. The lowest BCUT2D eigenvalue weighted by Gasteiger charge is -2.37. The molecule has 1 fully saturated rings. The van der Waals surface area contributed by atoms with Crippen molar-refractivity contribution in [3.05, 3.63) is 35.4 Å². The van der Waals surface area contributed by atoms with Crippen LogP contribution in [0.3, 0.4) is 0 Å². The number of nitrogens with zero attached hydrogens (tertiary/aromatic N) is 1. The number of rotatable bonds is 6. The third-order valence-corrected chi connectivity index (χ3v) is 4.33. The van der Waals surface area contributed by atoms with Crippen LogP contribution in [0.2, 0.25) is 0 Å². The highest BCUT2D eigenvalue weighted by atomic mass is 19.1. The zero-order chi connectivity index (χ0) is 15.2.